The van der Waals surface area contributed by atoms with Crippen molar-refractivity contribution in [2.45, 2.75) is 0 Å². The number of fused-ring (bicyclic) bond motifs is 9. The maximum atomic E-state index is 4.65. The zero-order valence-corrected chi connectivity index (χ0v) is 13.1. The van der Waals surface area contributed by atoms with Crippen LogP contribution in [0.1, 0.15) is 0 Å². The van der Waals surface area contributed by atoms with E-state index in [0.717, 1.165) is 54.5 Å². The summed E-state index contributed by atoms with van der Waals surface area (Å²) in [7, 11) is 0. The van der Waals surface area contributed by atoms with Crippen LogP contribution in [0.25, 0.3) is 54.5 Å². The molecular formula is C20H11N5. The van der Waals surface area contributed by atoms with Gasteiger partial charge >= 0.3 is 0 Å². The summed E-state index contributed by atoms with van der Waals surface area (Å²) < 4.78 is 0. The third kappa shape index (κ3) is 1.61. The molecule has 25 heavy (non-hydrogen) atoms. The number of H-pyrrole nitrogens is 1. The second kappa shape index (κ2) is 4.48. The van der Waals surface area contributed by atoms with Crippen molar-refractivity contribution in [3.63, 3.8) is 0 Å². The molecule has 4 heterocycles. The molecular weight excluding hydrogens is 310 g/mol. The van der Waals surface area contributed by atoms with Gasteiger partial charge in [-0.15, -0.1) is 0 Å². The molecule has 0 aliphatic carbocycles. The summed E-state index contributed by atoms with van der Waals surface area (Å²) in [4.78, 5) is 21.4. The van der Waals surface area contributed by atoms with Crippen LogP contribution in [0.4, 0.5) is 0 Å². The average molecular weight is 321 g/mol. The number of hydrogen-bond donors (Lipinski definition) is 1. The molecule has 0 saturated carbocycles. The van der Waals surface area contributed by atoms with E-state index in [2.05, 4.69) is 49.2 Å². The van der Waals surface area contributed by atoms with Crippen LogP contribution in [0, 0.1) is 0 Å². The van der Waals surface area contributed by atoms with Crippen molar-refractivity contribution in [2.75, 3.05) is 0 Å². The Balaban J connectivity index is 1.99. The number of benzene rings is 2. The highest BCUT2D eigenvalue weighted by Crippen LogP contribution is 2.35. The van der Waals surface area contributed by atoms with Crippen molar-refractivity contribution < 1.29 is 0 Å². The third-order valence-corrected chi connectivity index (χ3v) is 4.81. The average Bonchev–Trinajstić information content (AvgIpc) is 3.16. The van der Waals surface area contributed by atoms with E-state index in [9.17, 15) is 0 Å². The highest BCUT2D eigenvalue weighted by molar-refractivity contribution is 6.26. The van der Waals surface area contributed by atoms with E-state index in [4.69, 9.17) is 0 Å². The number of aromatic amines is 1. The minimum atomic E-state index is 0.841. The van der Waals surface area contributed by atoms with Gasteiger partial charge in [-0.05, 0) is 24.3 Å². The van der Waals surface area contributed by atoms with Crippen LogP contribution >= 0.6 is 0 Å². The highest BCUT2D eigenvalue weighted by atomic mass is 14.9. The topological polar surface area (TPSA) is 67.3 Å². The summed E-state index contributed by atoms with van der Waals surface area (Å²) in [5, 5.41) is 5.50. The van der Waals surface area contributed by atoms with Crippen molar-refractivity contribution in [1.82, 2.24) is 24.9 Å². The van der Waals surface area contributed by atoms with Crippen LogP contribution in [-0.2, 0) is 0 Å². The van der Waals surface area contributed by atoms with Gasteiger partial charge in [0.2, 0.25) is 0 Å². The Labute approximate surface area is 141 Å². The standard InChI is InChI=1S/C20H11N5/c1-2-11-3-5-14-17(18(11)21-7-1)16-12(8-22-14)9-23-19-13(16)4-6-15-20(19)25-10-24-15/h1-10,22H. The first-order valence-electron chi connectivity index (χ1n) is 8.07. The van der Waals surface area contributed by atoms with Crippen LogP contribution in [-0.4, -0.2) is 24.9 Å². The molecule has 0 atom stereocenters. The molecule has 0 aliphatic heterocycles. The number of rotatable bonds is 0. The first-order chi connectivity index (χ1) is 12.4. The molecule has 116 valence electrons. The van der Waals surface area contributed by atoms with Gasteiger partial charge in [-0.2, -0.15) is 0 Å². The van der Waals surface area contributed by atoms with Gasteiger partial charge < -0.3 is 4.98 Å². The van der Waals surface area contributed by atoms with Crippen molar-refractivity contribution in [3.8, 4) is 0 Å². The van der Waals surface area contributed by atoms with Crippen molar-refractivity contribution in [2.24, 2.45) is 0 Å². The Hall–Kier alpha value is -3.60. The van der Waals surface area contributed by atoms with Crippen molar-refractivity contribution in [3.05, 3.63) is 61.3 Å². The molecule has 5 heteroatoms. The fraction of sp³-hybridized carbons (Fsp3) is 0. The lowest BCUT2D eigenvalue weighted by Crippen LogP contribution is -1.90. The fourth-order valence-corrected chi connectivity index (χ4v) is 3.70. The van der Waals surface area contributed by atoms with Crippen LogP contribution in [0.15, 0.2) is 61.3 Å². The van der Waals surface area contributed by atoms with Gasteiger partial charge in [0.05, 0.1) is 16.6 Å². The van der Waals surface area contributed by atoms with Gasteiger partial charge in [-0.25, -0.2) is 9.97 Å². The maximum Gasteiger partial charge on any atom is 0.117 e. The number of nitrogens with zero attached hydrogens (tertiary/aromatic N) is 4. The molecule has 0 aliphatic rings. The van der Waals surface area contributed by atoms with Crippen molar-refractivity contribution >= 4 is 54.5 Å². The molecule has 6 aromatic rings. The summed E-state index contributed by atoms with van der Waals surface area (Å²) in [6, 6.07) is 12.3. The normalized spacial score (nSPS) is 12.0. The third-order valence-electron chi connectivity index (χ3n) is 4.81. The minimum Gasteiger partial charge on any atom is -0.360 e. The monoisotopic (exact) mass is 321 g/mol. The van der Waals surface area contributed by atoms with E-state index < -0.39 is 0 Å². The molecule has 0 bridgehead atoms. The smallest absolute Gasteiger partial charge is 0.117 e. The number of imidazole rings is 1. The summed E-state index contributed by atoms with van der Waals surface area (Å²) >= 11 is 0. The number of aromatic nitrogens is 5. The summed E-state index contributed by atoms with van der Waals surface area (Å²) in [6.45, 7) is 0. The molecule has 0 fully saturated rings. The predicted molar refractivity (Wildman–Crippen MR) is 99.5 cm³/mol. The molecule has 1 N–H and O–H groups in total. The van der Waals surface area contributed by atoms with Gasteiger partial charge in [0, 0.05) is 51.0 Å². The van der Waals surface area contributed by atoms with Crippen LogP contribution in [0.3, 0.4) is 0 Å². The minimum absolute atomic E-state index is 0.841. The molecule has 0 spiro atoms. The summed E-state index contributed by atoms with van der Waals surface area (Å²) in [5.74, 6) is 0. The lowest BCUT2D eigenvalue weighted by molar-refractivity contribution is 1.34. The van der Waals surface area contributed by atoms with Gasteiger partial charge in [-0.1, -0.05) is 12.1 Å². The molecule has 4 aromatic heterocycles. The lowest BCUT2D eigenvalue weighted by atomic mass is 10.0. The van der Waals surface area contributed by atoms with Gasteiger partial charge in [0.1, 0.15) is 11.8 Å². The first-order valence-corrected chi connectivity index (χ1v) is 8.07. The van der Waals surface area contributed by atoms with Crippen LogP contribution < -0.4 is 0 Å². The first kappa shape index (κ1) is 12.8. The van der Waals surface area contributed by atoms with Crippen LogP contribution in [0.5, 0.6) is 0 Å². The fourth-order valence-electron chi connectivity index (χ4n) is 3.70. The largest absolute Gasteiger partial charge is 0.360 e. The maximum absolute atomic E-state index is 4.65. The predicted octanol–water partition coefficient (Wildman–Crippen LogP) is 4.36. The van der Waals surface area contributed by atoms with E-state index in [0.29, 0.717) is 0 Å². The second-order valence-corrected chi connectivity index (χ2v) is 6.14. The molecule has 0 saturated heterocycles. The van der Waals surface area contributed by atoms with E-state index in [1.807, 2.05) is 30.7 Å². The Morgan fingerprint density at radius 2 is 1.72 bits per heavy atom. The zero-order chi connectivity index (χ0) is 16.4. The zero-order valence-electron chi connectivity index (χ0n) is 13.1. The van der Waals surface area contributed by atoms with E-state index in [1.165, 1.54) is 0 Å². The quantitative estimate of drug-likeness (QED) is 0.422. The Kier molecular flexibility index (Phi) is 2.29. The SMILES string of the molecule is c1cnc2c(c1)ccc1[nH]cc3cnc4c(ccc5ncnc54)c3c12. The molecule has 0 unspecified atom stereocenters. The van der Waals surface area contributed by atoms with Gasteiger partial charge in [-0.3, -0.25) is 9.97 Å². The summed E-state index contributed by atoms with van der Waals surface area (Å²) in [6.07, 6.45) is 7.32. The highest BCUT2D eigenvalue weighted by Gasteiger charge is 2.13. The van der Waals surface area contributed by atoms with E-state index in [1.54, 1.807) is 6.33 Å². The molecule has 6 rings (SSSR count). The number of nitrogens with one attached hydrogen (secondary N) is 1. The number of hydrogen-bond acceptors (Lipinski definition) is 4. The Bertz CT molecular complexity index is 1440. The lowest BCUT2D eigenvalue weighted by Gasteiger charge is -2.10. The van der Waals surface area contributed by atoms with E-state index in [-0.39, 0.29) is 0 Å². The van der Waals surface area contributed by atoms with E-state index >= 15 is 0 Å². The second-order valence-electron chi connectivity index (χ2n) is 6.14. The Morgan fingerprint density at radius 1 is 0.720 bits per heavy atom. The van der Waals surface area contributed by atoms with Crippen molar-refractivity contribution in [1.29, 1.82) is 0 Å². The molecule has 5 nitrogen and oxygen atoms in total. The Morgan fingerprint density at radius 3 is 2.72 bits per heavy atom. The molecule has 0 amide bonds. The number of pyridine rings is 3. The molecule has 0 radical (unpaired) electrons. The summed E-state index contributed by atoms with van der Waals surface area (Å²) in [5.41, 5.74) is 4.63. The van der Waals surface area contributed by atoms with Crippen LogP contribution in [0.2, 0.25) is 0 Å². The van der Waals surface area contributed by atoms with Gasteiger partial charge in [0.25, 0.3) is 0 Å². The molecule has 2 aromatic carbocycles. The van der Waals surface area contributed by atoms with Gasteiger partial charge in [0.15, 0.2) is 0 Å².